The van der Waals surface area contributed by atoms with Crippen molar-refractivity contribution in [3.8, 4) is 11.5 Å². The molecule has 0 heterocycles. The van der Waals surface area contributed by atoms with Gasteiger partial charge in [0.15, 0.2) is 0 Å². The van der Waals surface area contributed by atoms with E-state index in [1.807, 2.05) is 18.2 Å². The predicted molar refractivity (Wildman–Crippen MR) is 76.2 cm³/mol. The molecule has 0 aromatic heterocycles. The molecule has 0 amide bonds. The lowest BCUT2D eigenvalue weighted by Gasteiger charge is -2.12. The van der Waals surface area contributed by atoms with Gasteiger partial charge in [-0.25, -0.2) is 4.39 Å². The molecule has 0 atom stereocenters. The van der Waals surface area contributed by atoms with Crippen molar-refractivity contribution in [2.75, 3.05) is 0 Å². The summed E-state index contributed by atoms with van der Waals surface area (Å²) < 4.78 is 20.2. The van der Waals surface area contributed by atoms with Gasteiger partial charge in [-0.1, -0.05) is 22.0 Å². The summed E-state index contributed by atoms with van der Waals surface area (Å²) in [4.78, 5) is 0. The van der Waals surface area contributed by atoms with Crippen LogP contribution in [0.2, 0.25) is 0 Å². The number of halogens is 3. The second-order valence-electron chi connectivity index (χ2n) is 3.60. The van der Waals surface area contributed by atoms with E-state index in [0.717, 1.165) is 10.0 Å². The maximum absolute atomic E-state index is 13.0. The van der Waals surface area contributed by atoms with Crippen LogP contribution in [0.4, 0.5) is 4.39 Å². The standard InChI is InChI=1S/C13H10Br2FNO/c14-10-2-1-3-12(9(10)7-17)18-13-5-4-8(16)6-11(13)15/h1-6H,7,17H2. The molecule has 5 heteroatoms. The molecule has 0 radical (unpaired) electrons. The lowest BCUT2D eigenvalue weighted by Crippen LogP contribution is -2.00. The molecule has 0 aliphatic rings. The molecule has 18 heavy (non-hydrogen) atoms. The fourth-order valence-corrected chi connectivity index (χ4v) is 2.45. The van der Waals surface area contributed by atoms with Gasteiger partial charge in [0, 0.05) is 16.6 Å². The SMILES string of the molecule is NCc1c(Br)cccc1Oc1ccc(F)cc1Br. The second-order valence-corrected chi connectivity index (χ2v) is 5.31. The van der Waals surface area contributed by atoms with Crippen LogP contribution in [-0.2, 0) is 6.54 Å². The Labute approximate surface area is 121 Å². The minimum atomic E-state index is -0.317. The average molecular weight is 375 g/mol. The first-order chi connectivity index (χ1) is 8.61. The molecule has 0 saturated carbocycles. The van der Waals surface area contributed by atoms with Crippen LogP contribution in [0.5, 0.6) is 11.5 Å². The van der Waals surface area contributed by atoms with Crippen molar-refractivity contribution in [1.29, 1.82) is 0 Å². The topological polar surface area (TPSA) is 35.2 Å². The minimum Gasteiger partial charge on any atom is -0.456 e. The summed E-state index contributed by atoms with van der Waals surface area (Å²) in [6, 6.07) is 9.85. The summed E-state index contributed by atoms with van der Waals surface area (Å²) in [7, 11) is 0. The second kappa shape index (κ2) is 5.82. The van der Waals surface area contributed by atoms with Crippen molar-refractivity contribution >= 4 is 31.9 Å². The summed E-state index contributed by atoms with van der Waals surface area (Å²) in [5.41, 5.74) is 6.55. The molecule has 2 rings (SSSR count). The zero-order chi connectivity index (χ0) is 13.1. The van der Waals surface area contributed by atoms with E-state index >= 15 is 0 Å². The van der Waals surface area contributed by atoms with E-state index in [1.54, 1.807) is 6.07 Å². The average Bonchev–Trinajstić information content (AvgIpc) is 2.33. The molecular weight excluding hydrogens is 365 g/mol. The summed E-state index contributed by atoms with van der Waals surface area (Å²) in [6.45, 7) is 0.357. The minimum absolute atomic E-state index is 0.317. The zero-order valence-corrected chi connectivity index (χ0v) is 12.5. The number of hydrogen-bond donors (Lipinski definition) is 1. The van der Waals surface area contributed by atoms with Gasteiger partial charge in [0.05, 0.1) is 4.47 Å². The van der Waals surface area contributed by atoms with E-state index in [0.29, 0.717) is 22.5 Å². The first-order valence-electron chi connectivity index (χ1n) is 5.22. The smallest absolute Gasteiger partial charge is 0.141 e. The van der Waals surface area contributed by atoms with Crippen molar-refractivity contribution in [2.24, 2.45) is 5.73 Å². The monoisotopic (exact) mass is 373 g/mol. The highest BCUT2D eigenvalue weighted by Gasteiger charge is 2.09. The molecule has 0 unspecified atom stereocenters. The van der Waals surface area contributed by atoms with Crippen LogP contribution in [0.25, 0.3) is 0 Å². The van der Waals surface area contributed by atoms with Gasteiger partial charge in [-0.2, -0.15) is 0 Å². The van der Waals surface area contributed by atoms with Crippen LogP contribution in [0.15, 0.2) is 45.3 Å². The van der Waals surface area contributed by atoms with Crippen LogP contribution in [0.3, 0.4) is 0 Å². The quantitative estimate of drug-likeness (QED) is 0.851. The van der Waals surface area contributed by atoms with Gasteiger partial charge in [-0.15, -0.1) is 0 Å². The van der Waals surface area contributed by atoms with E-state index in [1.165, 1.54) is 12.1 Å². The molecule has 0 saturated heterocycles. The maximum Gasteiger partial charge on any atom is 0.141 e. The van der Waals surface area contributed by atoms with Crippen LogP contribution < -0.4 is 10.5 Å². The highest BCUT2D eigenvalue weighted by atomic mass is 79.9. The molecule has 0 aliphatic heterocycles. The lowest BCUT2D eigenvalue weighted by molar-refractivity contribution is 0.471. The third-order valence-electron chi connectivity index (χ3n) is 2.39. The molecule has 2 aromatic carbocycles. The number of benzene rings is 2. The Morgan fingerprint density at radius 3 is 2.50 bits per heavy atom. The van der Waals surface area contributed by atoms with Gasteiger partial charge in [0.1, 0.15) is 17.3 Å². The normalized spacial score (nSPS) is 10.4. The van der Waals surface area contributed by atoms with E-state index in [4.69, 9.17) is 10.5 Å². The van der Waals surface area contributed by atoms with Crippen molar-refractivity contribution in [1.82, 2.24) is 0 Å². The summed E-state index contributed by atoms with van der Waals surface area (Å²) in [6.07, 6.45) is 0. The summed E-state index contributed by atoms with van der Waals surface area (Å²) >= 11 is 6.68. The highest BCUT2D eigenvalue weighted by molar-refractivity contribution is 9.10. The van der Waals surface area contributed by atoms with Crippen molar-refractivity contribution in [3.05, 3.63) is 56.7 Å². The van der Waals surface area contributed by atoms with E-state index in [-0.39, 0.29) is 5.82 Å². The Bertz CT molecular complexity index is 575. The molecule has 0 bridgehead atoms. The number of rotatable bonds is 3. The lowest BCUT2D eigenvalue weighted by atomic mass is 10.2. The fraction of sp³-hybridized carbons (Fsp3) is 0.0769. The third-order valence-corrected chi connectivity index (χ3v) is 3.76. The number of ether oxygens (including phenoxy) is 1. The summed E-state index contributed by atoms with van der Waals surface area (Å²) in [5.74, 6) is 0.880. The zero-order valence-electron chi connectivity index (χ0n) is 9.29. The first kappa shape index (κ1) is 13.5. The summed E-state index contributed by atoms with van der Waals surface area (Å²) in [5, 5.41) is 0. The Morgan fingerprint density at radius 1 is 1.06 bits per heavy atom. The van der Waals surface area contributed by atoms with Gasteiger partial charge >= 0.3 is 0 Å². The van der Waals surface area contributed by atoms with E-state index in [9.17, 15) is 4.39 Å². The largest absolute Gasteiger partial charge is 0.456 e. The molecule has 0 spiro atoms. The molecule has 2 nitrogen and oxygen atoms in total. The van der Waals surface area contributed by atoms with E-state index in [2.05, 4.69) is 31.9 Å². The molecule has 0 fully saturated rings. The van der Waals surface area contributed by atoms with Gasteiger partial charge in [-0.3, -0.25) is 0 Å². The molecule has 94 valence electrons. The Morgan fingerprint density at radius 2 is 1.83 bits per heavy atom. The van der Waals surface area contributed by atoms with Gasteiger partial charge < -0.3 is 10.5 Å². The molecule has 0 aliphatic carbocycles. The molecular formula is C13H10Br2FNO. The highest BCUT2D eigenvalue weighted by Crippen LogP contribution is 2.34. The number of nitrogens with two attached hydrogens (primary N) is 1. The van der Waals surface area contributed by atoms with Crippen LogP contribution in [0, 0.1) is 5.82 Å². The molecule has 2 N–H and O–H groups in total. The van der Waals surface area contributed by atoms with Crippen LogP contribution >= 0.6 is 31.9 Å². The Balaban J connectivity index is 2.37. The van der Waals surface area contributed by atoms with E-state index < -0.39 is 0 Å². The Hall–Kier alpha value is -0.910. The van der Waals surface area contributed by atoms with Crippen LogP contribution in [0.1, 0.15) is 5.56 Å². The van der Waals surface area contributed by atoms with Gasteiger partial charge in [0.2, 0.25) is 0 Å². The van der Waals surface area contributed by atoms with Crippen molar-refractivity contribution in [3.63, 3.8) is 0 Å². The van der Waals surface area contributed by atoms with Gasteiger partial charge in [0.25, 0.3) is 0 Å². The predicted octanol–water partition coefficient (Wildman–Crippen LogP) is 4.60. The fourth-order valence-electron chi connectivity index (χ4n) is 1.51. The molecule has 2 aromatic rings. The first-order valence-corrected chi connectivity index (χ1v) is 6.81. The van der Waals surface area contributed by atoms with Gasteiger partial charge in [-0.05, 0) is 46.3 Å². The van der Waals surface area contributed by atoms with Crippen LogP contribution in [-0.4, -0.2) is 0 Å². The maximum atomic E-state index is 13.0. The van der Waals surface area contributed by atoms with Crippen molar-refractivity contribution in [2.45, 2.75) is 6.54 Å². The Kier molecular flexibility index (Phi) is 4.37. The number of hydrogen-bond acceptors (Lipinski definition) is 2. The third kappa shape index (κ3) is 2.91. The van der Waals surface area contributed by atoms with Crippen molar-refractivity contribution < 1.29 is 9.13 Å².